The molecule has 1 aliphatic rings. The Morgan fingerprint density at radius 1 is 1.35 bits per heavy atom. The van der Waals surface area contributed by atoms with Crippen LogP contribution in [0.15, 0.2) is 24.3 Å². The molecule has 2 rings (SSSR count). The number of carbonyl (C=O) groups is 1. The Labute approximate surface area is 108 Å². The number of rotatable bonds is 3. The molecule has 0 spiro atoms. The van der Waals surface area contributed by atoms with Gasteiger partial charge in [-0.3, -0.25) is 0 Å². The first-order valence-corrected chi connectivity index (χ1v) is 6.46. The molecule has 92 valence electrons. The van der Waals surface area contributed by atoms with Gasteiger partial charge in [-0.25, -0.2) is 4.79 Å². The van der Waals surface area contributed by atoms with Crippen LogP contribution in [0.5, 0.6) is 0 Å². The molecular formula is C13H18N2OS. The van der Waals surface area contributed by atoms with Crippen LogP contribution >= 0.6 is 12.6 Å². The second kappa shape index (κ2) is 5.00. The first kappa shape index (κ1) is 12.3. The van der Waals surface area contributed by atoms with Crippen molar-refractivity contribution < 1.29 is 4.79 Å². The summed E-state index contributed by atoms with van der Waals surface area (Å²) in [6.45, 7) is 3.55. The molecule has 0 aromatic heterocycles. The van der Waals surface area contributed by atoms with Gasteiger partial charge in [0.05, 0.1) is 6.04 Å². The van der Waals surface area contributed by atoms with Crippen LogP contribution in [0.1, 0.15) is 17.2 Å². The molecule has 3 nitrogen and oxygen atoms in total. The minimum atomic E-state index is 0.102. The summed E-state index contributed by atoms with van der Waals surface area (Å²) in [5, 5.41) is 0. The predicted octanol–water partition coefficient (Wildman–Crippen LogP) is 2.33. The molecule has 1 unspecified atom stereocenters. The zero-order valence-corrected chi connectivity index (χ0v) is 11.2. The summed E-state index contributed by atoms with van der Waals surface area (Å²) in [6, 6.07) is 8.67. The molecule has 17 heavy (non-hydrogen) atoms. The summed E-state index contributed by atoms with van der Waals surface area (Å²) >= 11 is 4.18. The van der Waals surface area contributed by atoms with Gasteiger partial charge >= 0.3 is 6.03 Å². The Morgan fingerprint density at radius 2 is 2.00 bits per heavy atom. The van der Waals surface area contributed by atoms with Crippen molar-refractivity contribution in [2.75, 3.05) is 25.9 Å². The zero-order valence-electron chi connectivity index (χ0n) is 10.3. The lowest BCUT2D eigenvalue weighted by Crippen LogP contribution is -2.30. The fourth-order valence-electron chi connectivity index (χ4n) is 2.19. The molecule has 4 heteroatoms. The summed E-state index contributed by atoms with van der Waals surface area (Å²) < 4.78 is 0. The van der Waals surface area contributed by atoms with E-state index in [1.54, 1.807) is 0 Å². The van der Waals surface area contributed by atoms with Crippen molar-refractivity contribution in [3.8, 4) is 0 Å². The third-order valence-corrected chi connectivity index (χ3v) is 3.47. The van der Waals surface area contributed by atoms with Gasteiger partial charge in [0.1, 0.15) is 0 Å². The number of hydrogen-bond acceptors (Lipinski definition) is 2. The van der Waals surface area contributed by atoms with Crippen molar-refractivity contribution in [2.24, 2.45) is 0 Å². The van der Waals surface area contributed by atoms with Gasteiger partial charge in [-0.05, 0) is 12.5 Å². The summed E-state index contributed by atoms with van der Waals surface area (Å²) in [5.41, 5.74) is 2.45. The van der Waals surface area contributed by atoms with E-state index in [0.717, 1.165) is 6.54 Å². The average Bonchev–Trinajstić information content (AvgIpc) is 2.59. The van der Waals surface area contributed by atoms with E-state index in [1.165, 1.54) is 11.1 Å². The number of likely N-dealkylation sites (N-methyl/N-ethyl adjacent to an activating group) is 1. The number of carbonyl (C=O) groups excluding carboxylic acids is 1. The predicted molar refractivity (Wildman–Crippen MR) is 72.5 cm³/mol. The SMILES string of the molecule is Cc1ccc(C2CN(CCS)C(=O)N2C)cc1. The van der Waals surface area contributed by atoms with E-state index in [9.17, 15) is 4.79 Å². The number of amides is 2. The maximum atomic E-state index is 12.0. The molecule has 1 aromatic carbocycles. The molecule has 1 aromatic rings. The van der Waals surface area contributed by atoms with Crippen LogP contribution < -0.4 is 0 Å². The molecule has 0 N–H and O–H groups in total. The van der Waals surface area contributed by atoms with Crippen molar-refractivity contribution in [2.45, 2.75) is 13.0 Å². The van der Waals surface area contributed by atoms with E-state index < -0.39 is 0 Å². The Balaban J connectivity index is 2.17. The number of aryl methyl sites for hydroxylation is 1. The molecule has 1 heterocycles. The quantitative estimate of drug-likeness (QED) is 0.818. The van der Waals surface area contributed by atoms with E-state index in [2.05, 4.69) is 43.8 Å². The topological polar surface area (TPSA) is 23.6 Å². The summed E-state index contributed by atoms with van der Waals surface area (Å²) in [5.74, 6) is 0.709. The second-order valence-electron chi connectivity index (χ2n) is 4.49. The van der Waals surface area contributed by atoms with Crippen molar-refractivity contribution in [3.63, 3.8) is 0 Å². The Morgan fingerprint density at radius 3 is 2.59 bits per heavy atom. The number of nitrogens with zero attached hydrogens (tertiary/aromatic N) is 2. The highest BCUT2D eigenvalue weighted by Crippen LogP contribution is 2.27. The monoisotopic (exact) mass is 250 g/mol. The van der Waals surface area contributed by atoms with Crippen LogP contribution in [0.3, 0.4) is 0 Å². The Kier molecular flexibility index (Phi) is 3.62. The van der Waals surface area contributed by atoms with E-state index >= 15 is 0 Å². The maximum Gasteiger partial charge on any atom is 0.320 e. The van der Waals surface area contributed by atoms with Crippen LogP contribution in [0, 0.1) is 6.92 Å². The third kappa shape index (κ3) is 2.41. The van der Waals surface area contributed by atoms with Crippen molar-refractivity contribution in [1.29, 1.82) is 0 Å². The standard InChI is InChI=1S/C13H18N2OS/c1-10-3-5-11(6-4-10)12-9-15(7-8-17)13(16)14(12)2/h3-6,12,17H,7-9H2,1-2H3. The molecule has 1 atom stereocenters. The fourth-order valence-corrected chi connectivity index (χ4v) is 2.43. The highest BCUT2D eigenvalue weighted by molar-refractivity contribution is 7.80. The summed E-state index contributed by atoms with van der Waals surface area (Å²) in [7, 11) is 1.87. The number of hydrogen-bond donors (Lipinski definition) is 1. The van der Waals surface area contributed by atoms with Gasteiger partial charge in [-0.15, -0.1) is 0 Å². The minimum absolute atomic E-state index is 0.102. The molecule has 0 aliphatic carbocycles. The number of benzene rings is 1. The van der Waals surface area contributed by atoms with Gasteiger partial charge in [-0.2, -0.15) is 12.6 Å². The largest absolute Gasteiger partial charge is 0.321 e. The van der Waals surface area contributed by atoms with E-state index in [4.69, 9.17) is 0 Å². The first-order chi connectivity index (χ1) is 8.13. The van der Waals surface area contributed by atoms with Crippen LogP contribution in [-0.2, 0) is 0 Å². The van der Waals surface area contributed by atoms with E-state index in [1.807, 2.05) is 16.8 Å². The Hall–Kier alpha value is -1.16. The lowest BCUT2D eigenvalue weighted by molar-refractivity contribution is 0.197. The fraction of sp³-hybridized carbons (Fsp3) is 0.462. The molecule has 1 aliphatic heterocycles. The molecule has 1 fully saturated rings. The van der Waals surface area contributed by atoms with Crippen LogP contribution in [0.25, 0.3) is 0 Å². The Bertz CT molecular complexity index is 404. The van der Waals surface area contributed by atoms with E-state index in [0.29, 0.717) is 12.3 Å². The van der Waals surface area contributed by atoms with Gasteiger partial charge in [0.2, 0.25) is 0 Å². The molecule has 0 radical (unpaired) electrons. The molecule has 2 amide bonds. The van der Waals surface area contributed by atoms with Gasteiger partial charge in [0.15, 0.2) is 0 Å². The minimum Gasteiger partial charge on any atom is -0.321 e. The van der Waals surface area contributed by atoms with Gasteiger partial charge in [0, 0.05) is 25.9 Å². The van der Waals surface area contributed by atoms with Crippen LogP contribution in [0.4, 0.5) is 4.79 Å². The van der Waals surface area contributed by atoms with Gasteiger partial charge in [-0.1, -0.05) is 29.8 Å². The van der Waals surface area contributed by atoms with Crippen LogP contribution in [0.2, 0.25) is 0 Å². The van der Waals surface area contributed by atoms with Gasteiger partial charge < -0.3 is 9.80 Å². The summed E-state index contributed by atoms with van der Waals surface area (Å²) in [4.78, 5) is 15.6. The van der Waals surface area contributed by atoms with Crippen molar-refractivity contribution in [1.82, 2.24) is 9.80 Å². The number of urea groups is 1. The van der Waals surface area contributed by atoms with Crippen molar-refractivity contribution in [3.05, 3.63) is 35.4 Å². The molecular weight excluding hydrogens is 232 g/mol. The smallest absolute Gasteiger partial charge is 0.320 e. The average molecular weight is 250 g/mol. The number of thiol groups is 1. The highest BCUT2D eigenvalue weighted by Gasteiger charge is 2.34. The second-order valence-corrected chi connectivity index (χ2v) is 4.94. The highest BCUT2D eigenvalue weighted by atomic mass is 32.1. The third-order valence-electron chi connectivity index (χ3n) is 3.27. The normalized spacial score (nSPS) is 20.2. The molecule has 0 bridgehead atoms. The van der Waals surface area contributed by atoms with Gasteiger partial charge in [0.25, 0.3) is 0 Å². The van der Waals surface area contributed by atoms with Crippen molar-refractivity contribution >= 4 is 18.7 Å². The van der Waals surface area contributed by atoms with E-state index in [-0.39, 0.29) is 12.1 Å². The maximum absolute atomic E-state index is 12.0. The lowest BCUT2D eigenvalue weighted by Gasteiger charge is -2.18. The first-order valence-electron chi connectivity index (χ1n) is 5.82. The molecule has 0 saturated carbocycles. The lowest BCUT2D eigenvalue weighted by atomic mass is 10.1. The zero-order chi connectivity index (χ0) is 12.4. The molecule has 1 saturated heterocycles. The summed E-state index contributed by atoms with van der Waals surface area (Å²) in [6.07, 6.45) is 0. The van der Waals surface area contributed by atoms with Crippen LogP contribution in [-0.4, -0.2) is 41.7 Å².